The minimum absolute atomic E-state index is 0.00481. The molecule has 2 N–H and O–H groups in total. The molecule has 8 nitrogen and oxygen atoms in total. The lowest BCUT2D eigenvalue weighted by atomic mass is 10.0. The molecule has 0 rings (SSSR count). The Labute approximate surface area is 521 Å². The molecule has 0 radical (unpaired) electrons. The predicted molar refractivity (Wildman–Crippen MR) is 366 cm³/mol. The number of rotatable bonds is 65. The van der Waals surface area contributed by atoms with Gasteiger partial charge in [-0.05, 0) is 77.0 Å². The van der Waals surface area contributed by atoms with Crippen LogP contribution in [0.4, 0.5) is 0 Å². The molecule has 0 aromatic rings. The highest BCUT2D eigenvalue weighted by Gasteiger charge is 2.23. The fourth-order valence-electron chi connectivity index (χ4n) is 10.3. The second-order valence-electron chi connectivity index (χ2n) is 25.2. The smallest absolute Gasteiger partial charge is 0.268 e. The van der Waals surface area contributed by atoms with Crippen LogP contribution in [-0.2, 0) is 18.4 Å². The first-order valence-electron chi connectivity index (χ1n) is 35.6. The maximum absolute atomic E-state index is 13.0. The zero-order valence-electron chi connectivity index (χ0n) is 55.8. The quantitative estimate of drug-likeness (QED) is 0.0272. The van der Waals surface area contributed by atoms with Crippen molar-refractivity contribution in [3.8, 4) is 0 Å². The molecule has 3 atom stereocenters. The molecule has 3 unspecified atom stereocenters. The Kier molecular flexibility index (Phi) is 62.9. The fraction of sp³-hybridized carbons (Fsp3) is 0.773. The van der Waals surface area contributed by atoms with Crippen molar-refractivity contribution in [3.05, 3.63) is 97.2 Å². The first kappa shape index (κ1) is 81.4. The highest BCUT2D eigenvalue weighted by molar-refractivity contribution is 7.45. The molecule has 0 aromatic heterocycles. The van der Waals surface area contributed by atoms with E-state index in [4.69, 9.17) is 9.05 Å². The summed E-state index contributed by atoms with van der Waals surface area (Å²) in [6.45, 7) is 4.57. The van der Waals surface area contributed by atoms with E-state index in [1.54, 1.807) is 6.08 Å². The SMILES string of the molecule is CC/C=C\C/C=C\C/C=C\C/C=C\C/C=C\C/C=C\C/C=C\CCCCCCCCCCCCCC(=O)NC(COP(=O)([O-])OCC[N+](C)(C)C)C(O)/C=C/CCCCCCCCCCCCCCCCCCCCCCCCCCCCC. The lowest BCUT2D eigenvalue weighted by Gasteiger charge is -2.29. The molecule has 84 heavy (non-hydrogen) atoms. The maximum atomic E-state index is 13.0. The number of allylic oxidation sites excluding steroid dienone is 15. The van der Waals surface area contributed by atoms with Gasteiger partial charge in [-0.2, -0.15) is 0 Å². The normalized spacial score (nSPS) is 14.2. The van der Waals surface area contributed by atoms with Crippen molar-refractivity contribution in [1.29, 1.82) is 0 Å². The zero-order valence-corrected chi connectivity index (χ0v) is 56.7. The van der Waals surface area contributed by atoms with Gasteiger partial charge in [0.2, 0.25) is 5.91 Å². The standard InChI is InChI=1S/C75H137N2O6P/c1-6-8-10-12-14-16-18-20-22-24-26-28-30-32-34-36-37-38-39-41-43-45-47-49-51-53-55-57-59-61-63-65-67-69-75(79)76-73(72-83-84(80,81)82-71-70-77(3,4)5)74(78)68-66-64-62-60-58-56-54-52-50-48-46-44-42-40-35-33-31-29-27-25-23-21-19-17-15-13-11-9-7-2/h8,10,14,16,20,22,26,28,32,34,37-38,41,43,66,68,73-74,78H,6-7,9,11-13,15,17-19,21,23-25,27,29-31,33,35-36,39-40,42,44-65,67,69-72H2,1-5H3,(H-,76,79,80,81)/b10-8-,16-14-,22-20-,28-26-,34-32-,38-37-,43-41-,68-66+. The summed E-state index contributed by atoms with van der Waals surface area (Å²) in [4.78, 5) is 25.7. The van der Waals surface area contributed by atoms with Crippen LogP contribution in [0.5, 0.6) is 0 Å². The van der Waals surface area contributed by atoms with Gasteiger partial charge < -0.3 is 28.8 Å². The summed E-state index contributed by atoms with van der Waals surface area (Å²) in [7, 11) is 1.26. The van der Waals surface area contributed by atoms with E-state index < -0.39 is 20.0 Å². The van der Waals surface area contributed by atoms with Crippen LogP contribution in [0.1, 0.15) is 322 Å². The lowest BCUT2D eigenvalue weighted by Crippen LogP contribution is -2.45. The molecular formula is C75H137N2O6P. The van der Waals surface area contributed by atoms with Crippen LogP contribution in [0.3, 0.4) is 0 Å². The van der Waals surface area contributed by atoms with Gasteiger partial charge in [-0.1, -0.05) is 336 Å². The number of aliphatic hydroxyl groups is 1. The van der Waals surface area contributed by atoms with Crippen LogP contribution in [0.25, 0.3) is 0 Å². The number of hydrogen-bond acceptors (Lipinski definition) is 6. The number of phosphoric acid groups is 1. The van der Waals surface area contributed by atoms with Gasteiger partial charge in [0.25, 0.3) is 7.82 Å². The number of nitrogens with one attached hydrogen (secondary N) is 1. The molecule has 0 aliphatic carbocycles. The van der Waals surface area contributed by atoms with Gasteiger partial charge in [-0.3, -0.25) is 9.36 Å². The van der Waals surface area contributed by atoms with Crippen LogP contribution in [0, 0.1) is 0 Å². The molecule has 0 bridgehead atoms. The van der Waals surface area contributed by atoms with Crippen LogP contribution in [0.2, 0.25) is 0 Å². The van der Waals surface area contributed by atoms with Gasteiger partial charge in [0.1, 0.15) is 13.2 Å². The van der Waals surface area contributed by atoms with Crippen molar-refractivity contribution >= 4 is 13.7 Å². The highest BCUT2D eigenvalue weighted by Crippen LogP contribution is 2.38. The third-order valence-electron chi connectivity index (χ3n) is 15.8. The Balaban J connectivity index is 4.10. The van der Waals surface area contributed by atoms with Crippen molar-refractivity contribution in [2.75, 3.05) is 40.9 Å². The van der Waals surface area contributed by atoms with E-state index in [1.165, 1.54) is 218 Å². The highest BCUT2D eigenvalue weighted by atomic mass is 31.2. The minimum Gasteiger partial charge on any atom is -0.756 e. The first-order valence-corrected chi connectivity index (χ1v) is 37.1. The van der Waals surface area contributed by atoms with Crippen LogP contribution < -0.4 is 10.2 Å². The van der Waals surface area contributed by atoms with E-state index in [-0.39, 0.29) is 19.1 Å². The zero-order chi connectivity index (χ0) is 61.2. The summed E-state index contributed by atoms with van der Waals surface area (Å²) < 4.78 is 23.5. The van der Waals surface area contributed by atoms with E-state index in [2.05, 4.69) is 104 Å². The molecule has 0 fully saturated rings. The molecular weight excluding hydrogens is 1060 g/mol. The predicted octanol–water partition coefficient (Wildman–Crippen LogP) is 22.3. The molecule has 0 saturated carbocycles. The number of aliphatic hydroxyl groups excluding tert-OH is 1. The van der Waals surface area contributed by atoms with Crippen molar-refractivity contribution in [1.82, 2.24) is 5.32 Å². The van der Waals surface area contributed by atoms with Gasteiger partial charge >= 0.3 is 0 Å². The number of hydrogen-bond donors (Lipinski definition) is 2. The molecule has 9 heteroatoms. The van der Waals surface area contributed by atoms with Gasteiger partial charge in [0.05, 0.1) is 39.9 Å². The average molecular weight is 1190 g/mol. The third kappa shape index (κ3) is 66.9. The number of unbranched alkanes of at least 4 members (excludes halogenated alkanes) is 38. The molecule has 0 aliphatic rings. The lowest BCUT2D eigenvalue weighted by molar-refractivity contribution is -0.870. The van der Waals surface area contributed by atoms with E-state index in [0.29, 0.717) is 17.4 Å². The molecule has 0 aromatic carbocycles. The Hall–Kier alpha value is -2.58. The summed E-state index contributed by atoms with van der Waals surface area (Å²) in [5.41, 5.74) is 0. The summed E-state index contributed by atoms with van der Waals surface area (Å²) >= 11 is 0. The minimum atomic E-state index is -4.61. The molecule has 0 spiro atoms. The van der Waals surface area contributed by atoms with Crippen molar-refractivity contribution in [3.63, 3.8) is 0 Å². The van der Waals surface area contributed by atoms with Crippen LogP contribution >= 0.6 is 7.82 Å². The van der Waals surface area contributed by atoms with E-state index in [0.717, 1.165) is 83.5 Å². The topological polar surface area (TPSA) is 108 Å². The second kappa shape index (κ2) is 64.9. The number of carbonyl (C=O) groups is 1. The van der Waals surface area contributed by atoms with Crippen molar-refractivity contribution in [2.24, 2.45) is 0 Å². The monoisotopic (exact) mass is 1190 g/mol. The number of phosphoric ester groups is 1. The molecule has 1 amide bonds. The van der Waals surface area contributed by atoms with Crippen LogP contribution in [-0.4, -0.2) is 68.5 Å². The average Bonchev–Trinajstić information content (AvgIpc) is 3.56. The number of carbonyl (C=O) groups excluding carboxylic acids is 1. The summed E-state index contributed by atoms with van der Waals surface area (Å²) in [6.07, 6.45) is 93.8. The van der Waals surface area contributed by atoms with Gasteiger partial charge in [-0.15, -0.1) is 0 Å². The number of quaternary nitrogens is 1. The first-order chi connectivity index (χ1) is 41.0. The maximum Gasteiger partial charge on any atom is 0.268 e. The molecule has 0 aliphatic heterocycles. The van der Waals surface area contributed by atoms with Crippen LogP contribution in [0.15, 0.2) is 97.2 Å². The summed E-state index contributed by atoms with van der Waals surface area (Å²) in [5, 5.41) is 14.0. The number of amides is 1. The van der Waals surface area contributed by atoms with Gasteiger partial charge in [0.15, 0.2) is 0 Å². The Morgan fingerprint density at radius 3 is 1.06 bits per heavy atom. The van der Waals surface area contributed by atoms with Gasteiger partial charge in [-0.25, -0.2) is 0 Å². The summed E-state index contributed by atoms with van der Waals surface area (Å²) in [5.74, 6) is -0.200. The largest absolute Gasteiger partial charge is 0.756 e. The fourth-order valence-corrected chi connectivity index (χ4v) is 11.0. The van der Waals surface area contributed by atoms with Gasteiger partial charge in [0, 0.05) is 6.42 Å². The molecule has 488 valence electrons. The summed E-state index contributed by atoms with van der Waals surface area (Å²) in [6, 6.07) is -0.896. The van der Waals surface area contributed by atoms with E-state index >= 15 is 0 Å². The molecule has 0 heterocycles. The number of likely N-dealkylation sites (N-methyl/N-ethyl adjacent to an activating group) is 1. The Morgan fingerprint density at radius 2 is 0.726 bits per heavy atom. The second-order valence-corrected chi connectivity index (χ2v) is 26.6. The Bertz CT molecular complexity index is 1690. The number of nitrogens with zero attached hydrogens (tertiary/aromatic N) is 1. The Morgan fingerprint density at radius 1 is 0.429 bits per heavy atom. The molecule has 0 saturated heterocycles. The third-order valence-corrected chi connectivity index (χ3v) is 16.8. The van der Waals surface area contributed by atoms with Crippen molar-refractivity contribution < 1.29 is 32.9 Å². The van der Waals surface area contributed by atoms with E-state index in [1.807, 2.05) is 27.2 Å². The van der Waals surface area contributed by atoms with E-state index in [9.17, 15) is 19.4 Å². The van der Waals surface area contributed by atoms with Crippen molar-refractivity contribution in [2.45, 2.75) is 334 Å².